The van der Waals surface area contributed by atoms with Gasteiger partial charge in [-0.1, -0.05) is 0 Å². The van der Waals surface area contributed by atoms with Gasteiger partial charge in [-0.2, -0.15) is 10.4 Å². The van der Waals surface area contributed by atoms with Crippen LogP contribution in [0.5, 0.6) is 0 Å². The lowest BCUT2D eigenvalue weighted by molar-refractivity contribution is 0.0919. The van der Waals surface area contributed by atoms with Crippen LogP contribution in [0.1, 0.15) is 29.5 Å². The van der Waals surface area contributed by atoms with Gasteiger partial charge >= 0.3 is 0 Å². The van der Waals surface area contributed by atoms with E-state index in [1.807, 2.05) is 41.7 Å². The molecule has 3 heterocycles. The highest BCUT2D eigenvalue weighted by molar-refractivity contribution is 5.28. The van der Waals surface area contributed by atoms with E-state index in [4.69, 9.17) is 10.00 Å². The van der Waals surface area contributed by atoms with Gasteiger partial charge < -0.3 is 14.6 Å². The van der Waals surface area contributed by atoms with E-state index < -0.39 is 0 Å². The summed E-state index contributed by atoms with van der Waals surface area (Å²) in [5.41, 5.74) is 2.89. The summed E-state index contributed by atoms with van der Waals surface area (Å²) in [5.74, 6) is 0. The molecule has 0 radical (unpaired) electrons. The summed E-state index contributed by atoms with van der Waals surface area (Å²) in [6.45, 7) is 1.49. The number of aryl methyl sites for hydroxylation is 2. The van der Waals surface area contributed by atoms with E-state index in [-0.39, 0.29) is 12.1 Å². The van der Waals surface area contributed by atoms with Crippen molar-refractivity contribution in [2.45, 2.75) is 25.1 Å². The maximum absolute atomic E-state index is 8.99. The topological polar surface area (TPSA) is 67.8 Å². The Kier molecular flexibility index (Phi) is 3.78. The molecule has 1 saturated heterocycles. The molecule has 6 nitrogen and oxygen atoms in total. The molecule has 0 amide bonds. The van der Waals surface area contributed by atoms with Crippen LogP contribution in [0.15, 0.2) is 24.5 Å². The average Bonchev–Trinajstić information content (AvgIpc) is 3.16. The first-order valence-corrected chi connectivity index (χ1v) is 7.07. The minimum absolute atomic E-state index is 0.0386. The monoisotopic (exact) mass is 285 g/mol. The van der Waals surface area contributed by atoms with Gasteiger partial charge in [0.05, 0.1) is 5.69 Å². The Morgan fingerprint density at radius 1 is 1.52 bits per heavy atom. The number of nitriles is 1. The first-order valence-electron chi connectivity index (χ1n) is 7.07. The van der Waals surface area contributed by atoms with Gasteiger partial charge in [-0.25, -0.2) is 0 Å². The Bertz CT molecular complexity index is 666. The third-order valence-corrected chi connectivity index (χ3v) is 3.99. The predicted molar refractivity (Wildman–Crippen MR) is 77.3 cm³/mol. The van der Waals surface area contributed by atoms with E-state index in [0.29, 0.717) is 5.69 Å². The summed E-state index contributed by atoms with van der Waals surface area (Å²) in [6, 6.07) is 6.37. The number of aromatic nitrogens is 3. The minimum atomic E-state index is 0.0386. The summed E-state index contributed by atoms with van der Waals surface area (Å²) in [5, 5.41) is 16.7. The minimum Gasteiger partial charge on any atom is -0.370 e. The molecule has 6 heteroatoms. The molecule has 0 aliphatic carbocycles. The lowest BCUT2D eigenvalue weighted by Crippen LogP contribution is -2.32. The van der Waals surface area contributed by atoms with Gasteiger partial charge in [-0.3, -0.25) is 4.68 Å². The van der Waals surface area contributed by atoms with Crippen molar-refractivity contribution >= 4 is 0 Å². The van der Waals surface area contributed by atoms with Crippen LogP contribution in [0.25, 0.3) is 0 Å². The van der Waals surface area contributed by atoms with Gasteiger partial charge in [0.1, 0.15) is 17.9 Å². The molecule has 0 aromatic carbocycles. The van der Waals surface area contributed by atoms with Crippen molar-refractivity contribution in [2.75, 3.05) is 6.61 Å². The van der Waals surface area contributed by atoms with E-state index in [2.05, 4.69) is 16.5 Å². The molecule has 1 aliphatic heterocycles. The second-order valence-corrected chi connectivity index (χ2v) is 5.40. The van der Waals surface area contributed by atoms with Crippen molar-refractivity contribution in [2.24, 2.45) is 14.1 Å². The number of hydrogen-bond donors (Lipinski definition) is 1. The number of nitrogens with one attached hydrogen (secondary N) is 1. The molecule has 0 saturated carbocycles. The molecule has 1 aliphatic rings. The van der Waals surface area contributed by atoms with Crippen LogP contribution in [0, 0.1) is 11.3 Å². The zero-order chi connectivity index (χ0) is 14.8. The SMILES string of the molecule is Cn1cc(CN[C@H]2CCO[C@@H]2c2ccnn2C)cc1C#N. The predicted octanol–water partition coefficient (Wildman–Crippen LogP) is 1.25. The molecule has 110 valence electrons. The largest absolute Gasteiger partial charge is 0.370 e. The third-order valence-electron chi connectivity index (χ3n) is 3.99. The van der Waals surface area contributed by atoms with Gasteiger partial charge in [-0.15, -0.1) is 0 Å². The lowest BCUT2D eigenvalue weighted by Gasteiger charge is -2.19. The van der Waals surface area contributed by atoms with Crippen LogP contribution in [0.4, 0.5) is 0 Å². The van der Waals surface area contributed by atoms with Crippen LogP contribution >= 0.6 is 0 Å². The van der Waals surface area contributed by atoms with Gasteiger partial charge in [0.2, 0.25) is 0 Å². The Hall–Kier alpha value is -2.10. The van der Waals surface area contributed by atoms with Crippen molar-refractivity contribution in [1.82, 2.24) is 19.7 Å². The summed E-state index contributed by atoms with van der Waals surface area (Å²) in [4.78, 5) is 0. The van der Waals surface area contributed by atoms with E-state index >= 15 is 0 Å². The summed E-state index contributed by atoms with van der Waals surface area (Å²) in [6.07, 6.45) is 4.80. The first-order chi connectivity index (χ1) is 10.2. The molecular weight excluding hydrogens is 266 g/mol. The number of ether oxygens (including phenoxy) is 1. The van der Waals surface area contributed by atoms with Crippen molar-refractivity contribution in [1.29, 1.82) is 5.26 Å². The molecule has 2 aromatic rings. The smallest absolute Gasteiger partial charge is 0.120 e. The quantitative estimate of drug-likeness (QED) is 0.918. The normalized spacial score (nSPS) is 21.6. The van der Waals surface area contributed by atoms with Gasteiger partial charge in [0, 0.05) is 45.7 Å². The molecular formula is C15H19N5O. The van der Waals surface area contributed by atoms with E-state index in [9.17, 15) is 0 Å². The molecule has 0 spiro atoms. The van der Waals surface area contributed by atoms with Crippen molar-refractivity contribution in [3.05, 3.63) is 41.5 Å². The zero-order valence-electron chi connectivity index (χ0n) is 12.3. The van der Waals surface area contributed by atoms with E-state index in [0.717, 1.165) is 30.8 Å². The second-order valence-electron chi connectivity index (χ2n) is 5.40. The molecule has 2 aromatic heterocycles. The van der Waals surface area contributed by atoms with Crippen LogP contribution in [0.3, 0.4) is 0 Å². The van der Waals surface area contributed by atoms with Crippen LogP contribution in [0.2, 0.25) is 0 Å². The van der Waals surface area contributed by atoms with Crippen molar-refractivity contribution in [3.8, 4) is 6.07 Å². The fraction of sp³-hybridized carbons (Fsp3) is 0.467. The summed E-state index contributed by atoms with van der Waals surface area (Å²) >= 11 is 0. The first kappa shape index (κ1) is 13.9. The highest BCUT2D eigenvalue weighted by atomic mass is 16.5. The van der Waals surface area contributed by atoms with Crippen LogP contribution in [-0.2, 0) is 25.4 Å². The molecule has 1 fully saturated rings. The molecule has 2 atom stereocenters. The second kappa shape index (κ2) is 5.72. The molecule has 0 bridgehead atoms. The third kappa shape index (κ3) is 2.71. The fourth-order valence-corrected chi connectivity index (χ4v) is 2.84. The Morgan fingerprint density at radius 2 is 2.38 bits per heavy atom. The molecule has 0 unspecified atom stereocenters. The van der Waals surface area contributed by atoms with Gasteiger partial charge in [0.15, 0.2) is 0 Å². The Labute approximate surface area is 123 Å². The summed E-state index contributed by atoms with van der Waals surface area (Å²) in [7, 11) is 3.82. The Morgan fingerprint density at radius 3 is 3.05 bits per heavy atom. The van der Waals surface area contributed by atoms with Gasteiger partial charge in [-0.05, 0) is 24.1 Å². The van der Waals surface area contributed by atoms with E-state index in [1.54, 1.807) is 6.20 Å². The average molecular weight is 285 g/mol. The Balaban J connectivity index is 1.67. The highest BCUT2D eigenvalue weighted by Crippen LogP contribution is 2.28. The lowest BCUT2D eigenvalue weighted by atomic mass is 10.1. The summed E-state index contributed by atoms with van der Waals surface area (Å²) < 4.78 is 9.56. The number of hydrogen-bond acceptors (Lipinski definition) is 4. The van der Waals surface area contributed by atoms with Gasteiger partial charge in [0.25, 0.3) is 0 Å². The standard InChI is InChI=1S/C15H19N5O/c1-19-10-11(7-12(19)8-16)9-17-13-4-6-21-15(13)14-3-5-18-20(14)2/h3,5,7,10,13,15,17H,4,6,9H2,1-2H3/t13-,15-/m0/s1. The number of rotatable bonds is 4. The fourth-order valence-electron chi connectivity index (χ4n) is 2.84. The van der Waals surface area contributed by atoms with Crippen molar-refractivity contribution in [3.63, 3.8) is 0 Å². The molecule has 1 N–H and O–H groups in total. The highest BCUT2D eigenvalue weighted by Gasteiger charge is 2.31. The van der Waals surface area contributed by atoms with Crippen LogP contribution in [-0.4, -0.2) is 27.0 Å². The van der Waals surface area contributed by atoms with E-state index in [1.165, 1.54) is 0 Å². The molecule has 21 heavy (non-hydrogen) atoms. The van der Waals surface area contributed by atoms with Crippen LogP contribution < -0.4 is 5.32 Å². The number of nitrogens with zero attached hydrogens (tertiary/aromatic N) is 4. The van der Waals surface area contributed by atoms with Crippen molar-refractivity contribution < 1.29 is 4.74 Å². The maximum Gasteiger partial charge on any atom is 0.120 e. The zero-order valence-corrected chi connectivity index (χ0v) is 12.3. The maximum atomic E-state index is 8.99. The molecule has 3 rings (SSSR count).